The molecule has 0 bridgehead atoms. The number of carboxylic acid groups (broad SMARTS) is 1. The van der Waals surface area contributed by atoms with Gasteiger partial charge in [0.25, 0.3) is 0 Å². The van der Waals surface area contributed by atoms with Crippen molar-refractivity contribution >= 4 is 12.0 Å². The lowest BCUT2D eigenvalue weighted by molar-refractivity contribution is -0.139. The molecule has 2 amide bonds. The average molecular weight is 283 g/mol. The lowest BCUT2D eigenvalue weighted by Gasteiger charge is -2.38. The Balaban J connectivity index is 1.54. The molecule has 0 aromatic rings. The lowest BCUT2D eigenvalue weighted by Crippen LogP contribution is -2.54. The molecule has 0 spiro atoms. The Morgan fingerprint density at radius 2 is 1.85 bits per heavy atom. The molecule has 0 radical (unpaired) electrons. The van der Waals surface area contributed by atoms with E-state index in [1.54, 1.807) is 4.90 Å². The van der Waals surface area contributed by atoms with Crippen molar-refractivity contribution in [1.82, 2.24) is 15.1 Å². The molecular weight excluding hydrogens is 258 g/mol. The Bertz CT molecular complexity index is 348. The van der Waals surface area contributed by atoms with Gasteiger partial charge < -0.3 is 20.2 Å². The third-order valence-corrected chi connectivity index (χ3v) is 4.37. The fourth-order valence-electron chi connectivity index (χ4n) is 2.96. The van der Waals surface area contributed by atoms with Gasteiger partial charge in [0.15, 0.2) is 0 Å². The van der Waals surface area contributed by atoms with E-state index in [1.165, 1.54) is 12.8 Å². The summed E-state index contributed by atoms with van der Waals surface area (Å²) in [5.41, 5.74) is 0. The molecule has 2 fully saturated rings. The molecule has 0 aliphatic carbocycles. The van der Waals surface area contributed by atoms with Crippen LogP contribution in [0.5, 0.6) is 0 Å². The molecule has 20 heavy (non-hydrogen) atoms. The highest BCUT2D eigenvalue weighted by Crippen LogP contribution is 2.20. The van der Waals surface area contributed by atoms with E-state index in [0.29, 0.717) is 13.1 Å². The summed E-state index contributed by atoms with van der Waals surface area (Å²) < 4.78 is 0. The molecule has 2 rings (SSSR count). The van der Waals surface area contributed by atoms with Crippen LogP contribution >= 0.6 is 0 Å². The number of carboxylic acids is 1. The number of urea groups is 1. The van der Waals surface area contributed by atoms with Gasteiger partial charge in [-0.15, -0.1) is 0 Å². The first-order valence-corrected chi connectivity index (χ1v) is 7.47. The quantitative estimate of drug-likeness (QED) is 0.784. The van der Waals surface area contributed by atoms with Gasteiger partial charge in [-0.05, 0) is 45.3 Å². The van der Waals surface area contributed by atoms with E-state index in [9.17, 15) is 9.59 Å². The second kappa shape index (κ2) is 6.92. The summed E-state index contributed by atoms with van der Waals surface area (Å²) in [4.78, 5) is 26.4. The molecular formula is C14H25N3O3. The molecule has 2 saturated heterocycles. The molecule has 6 heteroatoms. The molecule has 0 saturated carbocycles. The van der Waals surface area contributed by atoms with Gasteiger partial charge in [-0.3, -0.25) is 4.79 Å². The number of likely N-dealkylation sites (tertiary alicyclic amines) is 2. The summed E-state index contributed by atoms with van der Waals surface area (Å²) in [7, 11) is 2.15. The summed E-state index contributed by atoms with van der Waals surface area (Å²) in [5, 5.41) is 11.6. The number of nitrogens with one attached hydrogen (secondary N) is 1. The van der Waals surface area contributed by atoms with Crippen LogP contribution in [0.4, 0.5) is 4.79 Å². The number of carbonyl (C=O) groups excluding carboxylic acids is 1. The third kappa shape index (κ3) is 4.37. The minimum absolute atomic E-state index is 0.0421. The van der Waals surface area contributed by atoms with Gasteiger partial charge in [-0.25, -0.2) is 4.79 Å². The summed E-state index contributed by atoms with van der Waals surface area (Å²) in [6, 6.07) is -0.0421. The fourth-order valence-corrected chi connectivity index (χ4v) is 2.96. The van der Waals surface area contributed by atoms with Crippen LogP contribution in [0.3, 0.4) is 0 Å². The topological polar surface area (TPSA) is 72.9 Å². The van der Waals surface area contributed by atoms with Crippen LogP contribution in [-0.4, -0.2) is 66.7 Å². The van der Waals surface area contributed by atoms with E-state index in [1.807, 2.05) is 0 Å². The highest BCUT2D eigenvalue weighted by atomic mass is 16.4. The minimum atomic E-state index is -0.780. The predicted octanol–water partition coefficient (Wildman–Crippen LogP) is 0.834. The van der Waals surface area contributed by atoms with Crippen molar-refractivity contribution in [2.45, 2.75) is 25.7 Å². The molecule has 2 aliphatic rings. The van der Waals surface area contributed by atoms with Crippen molar-refractivity contribution in [1.29, 1.82) is 0 Å². The van der Waals surface area contributed by atoms with Crippen LogP contribution in [0.1, 0.15) is 25.7 Å². The van der Waals surface area contributed by atoms with Gasteiger partial charge in [-0.2, -0.15) is 0 Å². The molecule has 6 nitrogen and oxygen atoms in total. The number of piperidine rings is 1. The van der Waals surface area contributed by atoms with E-state index in [4.69, 9.17) is 5.11 Å². The smallest absolute Gasteiger partial charge is 0.317 e. The number of carbonyl (C=O) groups is 2. The van der Waals surface area contributed by atoms with Crippen LogP contribution in [0.2, 0.25) is 0 Å². The first-order valence-electron chi connectivity index (χ1n) is 7.47. The Kier molecular flexibility index (Phi) is 5.23. The Morgan fingerprint density at radius 3 is 2.45 bits per heavy atom. The number of nitrogens with zero attached hydrogens (tertiary/aromatic N) is 2. The van der Waals surface area contributed by atoms with E-state index in [0.717, 1.165) is 32.0 Å². The second-order valence-electron chi connectivity index (χ2n) is 6.14. The van der Waals surface area contributed by atoms with Crippen molar-refractivity contribution < 1.29 is 14.7 Å². The van der Waals surface area contributed by atoms with Crippen LogP contribution < -0.4 is 5.32 Å². The zero-order valence-electron chi connectivity index (χ0n) is 12.2. The van der Waals surface area contributed by atoms with Crippen molar-refractivity contribution in [2.75, 3.05) is 39.8 Å². The minimum Gasteiger partial charge on any atom is -0.481 e. The molecule has 114 valence electrons. The van der Waals surface area contributed by atoms with Crippen molar-refractivity contribution in [3.63, 3.8) is 0 Å². The van der Waals surface area contributed by atoms with Crippen molar-refractivity contribution in [3.05, 3.63) is 0 Å². The summed E-state index contributed by atoms with van der Waals surface area (Å²) in [6.45, 7) is 4.19. The largest absolute Gasteiger partial charge is 0.481 e. The predicted molar refractivity (Wildman–Crippen MR) is 75.6 cm³/mol. The van der Waals surface area contributed by atoms with Crippen LogP contribution in [-0.2, 0) is 4.79 Å². The molecule has 2 heterocycles. The van der Waals surface area contributed by atoms with E-state index in [-0.39, 0.29) is 18.4 Å². The van der Waals surface area contributed by atoms with Gasteiger partial charge in [0, 0.05) is 25.6 Å². The zero-order chi connectivity index (χ0) is 14.5. The van der Waals surface area contributed by atoms with Crippen LogP contribution in [0.15, 0.2) is 0 Å². The van der Waals surface area contributed by atoms with Gasteiger partial charge >= 0.3 is 12.0 Å². The number of amides is 2. The number of hydrogen-bond donors (Lipinski definition) is 2. The maximum atomic E-state index is 11.8. The van der Waals surface area contributed by atoms with Gasteiger partial charge in [0.1, 0.15) is 0 Å². The Hall–Kier alpha value is -1.30. The number of rotatable bonds is 5. The Labute approximate surface area is 120 Å². The summed E-state index contributed by atoms with van der Waals surface area (Å²) >= 11 is 0. The maximum absolute atomic E-state index is 11.8. The fraction of sp³-hybridized carbons (Fsp3) is 0.857. The normalized spacial score (nSPS) is 21.6. The highest BCUT2D eigenvalue weighted by Gasteiger charge is 2.31. The molecule has 0 aromatic carbocycles. The SMILES string of the molecule is CN1CCC(CCNC(=O)N2CC(CC(=O)O)C2)CC1. The number of aliphatic carboxylic acids is 1. The van der Waals surface area contributed by atoms with Crippen LogP contribution in [0.25, 0.3) is 0 Å². The number of hydrogen-bond acceptors (Lipinski definition) is 3. The molecule has 0 unspecified atom stereocenters. The molecule has 0 atom stereocenters. The van der Waals surface area contributed by atoms with E-state index < -0.39 is 5.97 Å². The third-order valence-electron chi connectivity index (χ3n) is 4.37. The van der Waals surface area contributed by atoms with Gasteiger partial charge in [-0.1, -0.05) is 0 Å². The van der Waals surface area contributed by atoms with E-state index in [2.05, 4.69) is 17.3 Å². The standard InChI is InChI=1S/C14H25N3O3/c1-16-6-3-11(4-7-16)2-5-15-14(20)17-9-12(10-17)8-13(18)19/h11-12H,2-10H2,1H3,(H,15,20)(H,18,19). The summed E-state index contributed by atoms with van der Waals surface area (Å²) in [5.74, 6) is 0.0760. The van der Waals surface area contributed by atoms with Crippen molar-refractivity contribution in [2.24, 2.45) is 11.8 Å². The first-order chi connectivity index (χ1) is 9.54. The maximum Gasteiger partial charge on any atom is 0.317 e. The Morgan fingerprint density at radius 1 is 1.20 bits per heavy atom. The summed E-state index contributed by atoms with van der Waals surface area (Å²) in [6.07, 6.45) is 3.65. The first kappa shape index (κ1) is 15.1. The molecule has 2 N–H and O–H groups in total. The molecule has 0 aromatic heterocycles. The lowest BCUT2D eigenvalue weighted by atomic mass is 9.94. The van der Waals surface area contributed by atoms with Crippen molar-refractivity contribution in [3.8, 4) is 0 Å². The zero-order valence-corrected chi connectivity index (χ0v) is 12.2. The average Bonchev–Trinajstić information content (AvgIpc) is 2.35. The monoisotopic (exact) mass is 283 g/mol. The van der Waals surface area contributed by atoms with Crippen LogP contribution in [0, 0.1) is 11.8 Å². The van der Waals surface area contributed by atoms with E-state index >= 15 is 0 Å². The molecule has 2 aliphatic heterocycles. The van der Waals surface area contributed by atoms with Gasteiger partial charge in [0.05, 0.1) is 6.42 Å². The van der Waals surface area contributed by atoms with Gasteiger partial charge in [0.2, 0.25) is 0 Å². The highest BCUT2D eigenvalue weighted by molar-refractivity contribution is 5.75. The second-order valence-corrected chi connectivity index (χ2v) is 6.14.